The highest BCUT2D eigenvalue weighted by molar-refractivity contribution is 5.49. The van der Waals surface area contributed by atoms with E-state index in [2.05, 4.69) is 0 Å². The molecule has 1 aliphatic carbocycles. The molecule has 0 radical (unpaired) electrons. The number of aliphatic hydroxyl groups is 1. The zero-order valence-corrected chi connectivity index (χ0v) is 9.31. The van der Waals surface area contributed by atoms with E-state index in [1.807, 2.05) is 6.92 Å². The molecule has 1 fully saturated rings. The van der Waals surface area contributed by atoms with Gasteiger partial charge in [-0.3, -0.25) is 0 Å². The maximum absolute atomic E-state index is 10.0. The third-order valence-electron chi connectivity index (χ3n) is 3.03. The second-order valence-electron chi connectivity index (χ2n) is 4.30. The molecule has 1 aromatic carbocycles. The first-order chi connectivity index (χ1) is 7.57. The molecule has 0 saturated heterocycles. The molecule has 0 amide bonds. The zero-order chi connectivity index (χ0) is 11.8. The molecule has 0 aromatic heterocycles. The van der Waals surface area contributed by atoms with Crippen LogP contribution in [0, 0.1) is 0 Å². The largest absolute Gasteiger partial charge is 0.504 e. The summed E-state index contributed by atoms with van der Waals surface area (Å²) in [6.45, 7) is 2.36. The molecule has 16 heavy (non-hydrogen) atoms. The van der Waals surface area contributed by atoms with Crippen LogP contribution in [0.3, 0.4) is 0 Å². The van der Waals surface area contributed by atoms with Crippen LogP contribution in [0.15, 0.2) is 18.2 Å². The lowest BCUT2D eigenvalue weighted by Crippen LogP contribution is -2.51. The lowest BCUT2D eigenvalue weighted by Gasteiger charge is -2.42. The van der Waals surface area contributed by atoms with Gasteiger partial charge in [0.15, 0.2) is 11.5 Å². The van der Waals surface area contributed by atoms with Crippen molar-refractivity contribution in [3.8, 4) is 11.5 Å². The van der Waals surface area contributed by atoms with Crippen LogP contribution in [-0.4, -0.2) is 22.9 Å². The zero-order valence-electron chi connectivity index (χ0n) is 9.31. The fraction of sp³-hybridized carbons (Fsp3) is 0.500. The topological polar surface area (TPSA) is 75.7 Å². The predicted octanol–water partition coefficient (Wildman–Crippen LogP) is 1.10. The van der Waals surface area contributed by atoms with Crippen molar-refractivity contribution < 1.29 is 14.9 Å². The Balaban J connectivity index is 2.31. The van der Waals surface area contributed by atoms with Gasteiger partial charge in [0.25, 0.3) is 0 Å². The minimum atomic E-state index is -0.614. The van der Waals surface area contributed by atoms with E-state index in [0.717, 1.165) is 0 Å². The molecule has 0 heterocycles. The van der Waals surface area contributed by atoms with Crippen molar-refractivity contribution in [2.75, 3.05) is 6.61 Å². The lowest BCUT2D eigenvalue weighted by molar-refractivity contribution is 0.0197. The number of rotatable bonds is 3. The Labute approximate surface area is 94.7 Å². The first kappa shape index (κ1) is 11.2. The summed E-state index contributed by atoms with van der Waals surface area (Å²) in [6, 6.07) is 5.30. The molecule has 1 aromatic rings. The van der Waals surface area contributed by atoms with Crippen molar-refractivity contribution >= 4 is 0 Å². The van der Waals surface area contributed by atoms with Crippen LogP contribution in [0.5, 0.6) is 11.5 Å². The molecule has 0 bridgehead atoms. The van der Waals surface area contributed by atoms with Crippen molar-refractivity contribution in [1.82, 2.24) is 0 Å². The smallest absolute Gasteiger partial charge is 0.162 e. The van der Waals surface area contributed by atoms with Crippen molar-refractivity contribution in [3.63, 3.8) is 0 Å². The van der Waals surface area contributed by atoms with Crippen molar-refractivity contribution in [1.29, 1.82) is 0 Å². The normalized spacial score (nSPS) is 28.6. The summed E-state index contributed by atoms with van der Waals surface area (Å²) in [5.41, 5.74) is 6.15. The highest BCUT2D eigenvalue weighted by atomic mass is 16.5. The van der Waals surface area contributed by atoms with E-state index < -0.39 is 5.54 Å². The van der Waals surface area contributed by atoms with Crippen molar-refractivity contribution in [2.24, 2.45) is 5.73 Å². The van der Waals surface area contributed by atoms with Gasteiger partial charge in [0, 0.05) is 11.1 Å². The predicted molar refractivity (Wildman–Crippen MR) is 60.4 cm³/mol. The van der Waals surface area contributed by atoms with Crippen LogP contribution in [0.1, 0.15) is 25.3 Å². The molecule has 1 aliphatic rings. The second-order valence-corrected chi connectivity index (χ2v) is 4.30. The Morgan fingerprint density at radius 1 is 1.50 bits per heavy atom. The Bertz CT molecular complexity index is 386. The standard InChI is InChI=1S/C12H17NO3/c1-2-16-10-5-3-4-9(11(10)15)12(13)6-8(14)7-12/h3-5,8,14-15H,2,6-7,13H2,1H3. The Morgan fingerprint density at radius 2 is 2.19 bits per heavy atom. The Kier molecular flexibility index (Phi) is 2.78. The van der Waals surface area contributed by atoms with Crippen LogP contribution in [-0.2, 0) is 5.54 Å². The average molecular weight is 223 g/mol. The fourth-order valence-electron chi connectivity index (χ4n) is 2.20. The van der Waals surface area contributed by atoms with Gasteiger partial charge in [0.05, 0.1) is 12.7 Å². The number of aliphatic hydroxyl groups excluding tert-OH is 1. The van der Waals surface area contributed by atoms with Gasteiger partial charge >= 0.3 is 0 Å². The van der Waals surface area contributed by atoms with Gasteiger partial charge in [-0.15, -0.1) is 0 Å². The van der Waals surface area contributed by atoms with Crippen LogP contribution in [0.2, 0.25) is 0 Å². The first-order valence-electron chi connectivity index (χ1n) is 5.49. The number of benzene rings is 1. The number of ether oxygens (including phenoxy) is 1. The summed E-state index contributed by atoms with van der Waals surface area (Å²) >= 11 is 0. The van der Waals surface area contributed by atoms with Gasteiger partial charge in [0.2, 0.25) is 0 Å². The number of hydrogen-bond acceptors (Lipinski definition) is 4. The molecule has 0 spiro atoms. The summed E-state index contributed by atoms with van der Waals surface area (Å²) < 4.78 is 5.30. The number of nitrogens with two attached hydrogens (primary N) is 1. The number of hydrogen-bond donors (Lipinski definition) is 3. The fourth-order valence-corrected chi connectivity index (χ4v) is 2.20. The minimum absolute atomic E-state index is 0.0961. The number of aromatic hydroxyl groups is 1. The summed E-state index contributed by atoms with van der Waals surface area (Å²) in [7, 11) is 0. The summed E-state index contributed by atoms with van der Waals surface area (Å²) in [5, 5.41) is 19.3. The van der Waals surface area contributed by atoms with E-state index in [1.54, 1.807) is 18.2 Å². The Hall–Kier alpha value is -1.26. The van der Waals surface area contributed by atoms with Crippen molar-refractivity contribution in [3.05, 3.63) is 23.8 Å². The van der Waals surface area contributed by atoms with Gasteiger partial charge in [-0.2, -0.15) is 0 Å². The molecule has 88 valence electrons. The quantitative estimate of drug-likeness (QED) is 0.717. The number of phenolic OH excluding ortho intramolecular Hbond substituents is 1. The van der Waals surface area contributed by atoms with Gasteiger partial charge < -0.3 is 20.7 Å². The van der Waals surface area contributed by atoms with E-state index in [0.29, 0.717) is 30.8 Å². The monoisotopic (exact) mass is 223 g/mol. The van der Waals surface area contributed by atoms with Gasteiger partial charge in [-0.1, -0.05) is 12.1 Å². The van der Waals surface area contributed by atoms with Crippen molar-refractivity contribution in [2.45, 2.75) is 31.4 Å². The van der Waals surface area contributed by atoms with Crippen LogP contribution in [0.4, 0.5) is 0 Å². The average Bonchev–Trinajstić information content (AvgIpc) is 2.19. The maximum atomic E-state index is 10.0. The molecule has 2 rings (SSSR count). The molecule has 0 aliphatic heterocycles. The third kappa shape index (κ3) is 1.74. The van der Waals surface area contributed by atoms with Crippen LogP contribution in [0.25, 0.3) is 0 Å². The SMILES string of the molecule is CCOc1cccc(C2(N)CC(O)C2)c1O. The molecule has 0 atom stereocenters. The summed E-state index contributed by atoms with van der Waals surface area (Å²) in [4.78, 5) is 0. The van der Waals surface area contributed by atoms with E-state index >= 15 is 0 Å². The molecule has 1 saturated carbocycles. The van der Waals surface area contributed by atoms with E-state index in [4.69, 9.17) is 10.5 Å². The van der Waals surface area contributed by atoms with E-state index in [9.17, 15) is 10.2 Å². The molecule has 4 nitrogen and oxygen atoms in total. The first-order valence-corrected chi connectivity index (χ1v) is 5.49. The van der Waals surface area contributed by atoms with Gasteiger partial charge in [0.1, 0.15) is 0 Å². The molecule has 0 unspecified atom stereocenters. The minimum Gasteiger partial charge on any atom is -0.504 e. The van der Waals surface area contributed by atoms with Crippen LogP contribution >= 0.6 is 0 Å². The maximum Gasteiger partial charge on any atom is 0.162 e. The summed E-state index contributed by atoms with van der Waals surface area (Å²) in [5.74, 6) is 0.546. The molecule has 4 heteroatoms. The molecule has 4 N–H and O–H groups in total. The van der Waals surface area contributed by atoms with Gasteiger partial charge in [-0.25, -0.2) is 0 Å². The van der Waals surface area contributed by atoms with Gasteiger partial charge in [-0.05, 0) is 25.8 Å². The number of para-hydroxylation sites is 1. The van der Waals surface area contributed by atoms with Crippen LogP contribution < -0.4 is 10.5 Å². The Morgan fingerprint density at radius 3 is 2.75 bits per heavy atom. The number of phenols is 1. The highest BCUT2D eigenvalue weighted by Crippen LogP contribution is 2.45. The highest BCUT2D eigenvalue weighted by Gasteiger charge is 2.43. The third-order valence-corrected chi connectivity index (χ3v) is 3.03. The summed E-state index contributed by atoms with van der Waals surface area (Å²) in [6.07, 6.45) is 0.604. The molecular formula is C12H17NO3. The molecular weight excluding hydrogens is 206 g/mol. The van der Waals surface area contributed by atoms with E-state index in [1.165, 1.54) is 0 Å². The van der Waals surface area contributed by atoms with E-state index in [-0.39, 0.29) is 11.9 Å². The lowest BCUT2D eigenvalue weighted by atomic mass is 9.70. The second kappa shape index (κ2) is 3.96.